The second-order valence-electron chi connectivity index (χ2n) is 10.8. The van der Waals surface area contributed by atoms with E-state index in [9.17, 15) is 0 Å². The molecule has 8 rings (SSSR count). The minimum Gasteiger partial charge on any atom is -0.0888 e. The topological polar surface area (TPSA) is 0 Å². The van der Waals surface area contributed by atoms with Crippen molar-refractivity contribution in [2.24, 2.45) is 0 Å². The molecular weight excluding hydrogens is 537 g/mol. The van der Waals surface area contributed by atoms with Gasteiger partial charge in [-0.05, 0) is 78.9 Å². The van der Waals surface area contributed by atoms with Crippen LogP contribution in [0.2, 0.25) is 0 Å². The Kier molecular flexibility index (Phi) is 6.51. The van der Waals surface area contributed by atoms with Crippen LogP contribution < -0.4 is 0 Å². The Balaban J connectivity index is 1.71. The summed E-state index contributed by atoms with van der Waals surface area (Å²) in [5.74, 6) is 0. The van der Waals surface area contributed by atoms with Crippen molar-refractivity contribution in [2.75, 3.05) is 0 Å². The first-order valence-electron chi connectivity index (χ1n) is 14.7. The molecule has 0 radical (unpaired) electrons. The molecule has 43 heavy (non-hydrogen) atoms. The molecule has 202 valence electrons. The number of rotatable bonds is 4. The second-order valence-corrected chi connectivity index (χ2v) is 11.9. The first-order chi connectivity index (χ1) is 21.4. The van der Waals surface area contributed by atoms with Crippen molar-refractivity contribution < 1.29 is 0 Å². The molecule has 0 nitrogen and oxygen atoms in total. The van der Waals surface area contributed by atoms with E-state index in [0.29, 0.717) is 0 Å². The van der Waals surface area contributed by atoms with Gasteiger partial charge in [-0.3, -0.25) is 0 Å². The van der Waals surface area contributed by atoms with Crippen molar-refractivity contribution in [1.29, 1.82) is 0 Å². The lowest BCUT2D eigenvalue weighted by Crippen LogP contribution is -2.01. The molecule has 0 fully saturated rings. The molecule has 7 aromatic carbocycles. The van der Waals surface area contributed by atoms with Crippen LogP contribution in [0, 0.1) is 0 Å². The summed E-state index contributed by atoms with van der Waals surface area (Å²) >= 11 is 1.87. The average Bonchev–Trinajstić information content (AvgIpc) is 3.23. The van der Waals surface area contributed by atoms with E-state index in [1.165, 1.54) is 76.6 Å². The summed E-state index contributed by atoms with van der Waals surface area (Å²) in [7, 11) is 0. The van der Waals surface area contributed by atoms with Gasteiger partial charge in [-0.25, -0.2) is 0 Å². The predicted octanol–water partition coefficient (Wildman–Crippen LogP) is 12.2. The molecule has 0 amide bonds. The highest BCUT2D eigenvalue weighted by molar-refractivity contribution is 7.99. The predicted molar refractivity (Wildman–Crippen MR) is 183 cm³/mol. The summed E-state index contributed by atoms with van der Waals surface area (Å²) in [6.07, 6.45) is 0. The van der Waals surface area contributed by atoms with Crippen LogP contribution in [0.1, 0.15) is 0 Å². The van der Waals surface area contributed by atoms with Gasteiger partial charge in [0.05, 0.1) is 0 Å². The molecule has 1 heterocycles. The third kappa shape index (κ3) is 4.41. The summed E-state index contributed by atoms with van der Waals surface area (Å²) in [6, 6.07) is 61.7. The minimum atomic E-state index is 1.21. The van der Waals surface area contributed by atoms with Gasteiger partial charge in [-0.15, -0.1) is 0 Å². The molecule has 0 saturated heterocycles. The first kappa shape index (κ1) is 25.6. The third-order valence-corrected chi connectivity index (χ3v) is 9.43. The first-order valence-corrected chi connectivity index (χ1v) is 15.5. The molecule has 0 saturated carbocycles. The van der Waals surface area contributed by atoms with Gasteiger partial charge in [0, 0.05) is 9.79 Å². The molecule has 0 unspecified atom stereocenters. The Bertz CT molecular complexity index is 1910. The molecule has 0 aromatic heterocycles. The normalized spacial score (nSPS) is 11.6. The number of hydrogen-bond donors (Lipinski definition) is 0. The van der Waals surface area contributed by atoms with Crippen molar-refractivity contribution in [3.63, 3.8) is 0 Å². The summed E-state index contributed by atoms with van der Waals surface area (Å²) in [4.78, 5) is 2.55. The van der Waals surface area contributed by atoms with E-state index in [1.807, 2.05) is 11.8 Å². The lowest BCUT2D eigenvalue weighted by atomic mass is 9.74. The quantitative estimate of drug-likeness (QED) is 0.205. The maximum atomic E-state index is 2.31. The molecule has 0 spiro atoms. The average molecular weight is 565 g/mol. The van der Waals surface area contributed by atoms with Gasteiger partial charge in [0.25, 0.3) is 0 Å². The summed E-state index contributed by atoms with van der Waals surface area (Å²) in [5, 5.41) is 0. The molecule has 1 aliphatic rings. The van der Waals surface area contributed by atoms with Gasteiger partial charge in [0.2, 0.25) is 0 Å². The fourth-order valence-corrected chi connectivity index (χ4v) is 7.60. The van der Waals surface area contributed by atoms with E-state index < -0.39 is 0 Å². The minimum absolute atomic E-state index is 1.21. The fourth-order valence-electron chi connectivity index (χ4n) is 6.51. The van der Waals surface area contributed by atoms with Crippen LogP contribution in [0.3, 0.4) is 0 Å². The zero-order valence-electron chi connectivity index (χ0n) is 23.6. The van der Waals surface area contributed by atoms with Crippen LogP contribution in [-0.4, -0.2) is 0 Å². The van der Waals surface area contributed by atoms with Crippen LogP contribution >= 0.6 is 11.8 Å². The van der Waals surface area contributed by atoms with Crippen LogP contribution in [0.25, 0.3) is 66.8 Å². The zero-order chi connectivity index (χ0) is 28.6. The summed E-state index contributed by atoms with van der Waals surface area (Å²) in [5.41, 5.74) is 15.0. The monoisotopic (exact) mass is 564 g/mol. The lowest BCUT2D eigenvalue weighted by Gasteiger charge is -2.28. The van der Waals surface area contributed by atoms with Gasteiger partial charge in [0.1, 0.15) is 0 Å². The van der Waals surface area contributed by atoms with Crippen molar-refractivity contribution in [2.45, 2.75) is 9.79 Å². The van der Waals surface area contributed by atoms with Gasteiger partial charge in [0.15, 0.2) is 0 Å². The van der Waals surface area contributed by atoms with Gasteiger partial charge in [-0.1, -0.05) is 169 Å². The fraction of sp³-hybridized carbons (Fsp3) is 0. The Labute approximate surface area is 257 Å². The van der Waals surface area contributed by atoms with Crippen LogP contribution in [0.5, 0.6) is 0 Å². The lowest BCUT2D eigenvalue weighted by molar-refractivity contribution is 1.44. The van der Waals surface area contributed by atoms with Gasteiger partial charge in [-0.2, -0.15) is 0 Å². The third-order valence-electron chi connectivity index (χ3n) is 8.28. The van der Waals surface area contributed by atoms with E-state index in [4.69, 9.17) is 0 Å². The second kappa shape index (κ2) is 10.9. The van der Waals surface area contributed by atoms with Crippen molar-refractivity contribution >= 4 is 11.8 Å². The summed E-state index contributed by atoms with van der Waals surface area (Å²) < 4.78 is 0. The van der Waals surface area contributed by atoms with Crippen LogP contribution in [0.4, 0.5) is 0 Å². The molecular formula is C42H28S. The van der Waals surface area contributed by atoms with Gasteiger partial charge < -0.3 is 0 Å². The number of hydrogen-bond acceptors (Lipinski definition) is 1. The highest BCUT2D eigenvalue weighted by Gasteiger charge is 2.32. The Morgan fingerprint density at radius 3 is 0.814 bits per heavy atom. The molecule has 0 aliphatic carbocycles. The van der Waals surface area contributed by atoms with Crippen molar-refractivity contribution in [3.05, 3.63) is 170 Å². The molecule has 0 atom stereocenters. The highest BCUT2D eigenvalue weighted by atomic mass is 32.2. The Hall–Kier alpha value is -5.11. The summed E-state index contributed by atoms with van der Waals surface area (Å²) in [6.45, 7) is 0. The van der Waals surface area contributed by atoms with Crippen molar-refractivity contribution in [1.82, 2.24) is 0 Å². The standard InChI is InChI=1S/C42H28S/c1-5-17-29(18-6-1)37-38(30-19-7-2-8-20-30)40(32-23-11-4-12-24-32)42-34-26-14-16-28-36(34)43-35-27-15-13-25-33(35)41(42)39(37)31-21-9-3-10-22-31/h1-28H. The zero-order valence-corrected chi connectivity index (χ0v) is 24.4. The maximum absolute atomic E-state index is 2.31. The number of benzene rings is 7. The van der Waals surface area contributed by atoms with Crippen LogP contribution in [-0.2, 0) is 0 Å². The molecule has 0 N–H and O–H groups in total. The molecule has 1 heteroatoms. The molecule has 1 aliphatic heterocycles. The smallest absolute Gasteiger partial charge is 0.0201 e. The Morgan fingerprint density at radius 1 is 0.233 bits per heavy atom. The van der Waals surface area contributed by atoms with E-state index >= 15 is 0 Å². The molecule has 7 aromatic rings. The number of fused-ring (bicyclic) bond motifs is 5. The van der Waals surface area contributed by atoms with E-state index in [1.54, 1.807) is 0 Å². The maximum Gasteiger partial charge on any atom is 0.0201 e. The van der Waals surface area contributed by atoms with Gasteiger partial charge >= 0.3 is 0 Å². The Morgan fingerprint density at radius 2 is 0.488 bits per heavy atom. The van der Waals surface area contributed by atoms with Crippen molar-refractivity contribution in [3.8, 4) is 66.8 Å². The largest absolute Gasteiger partial charge is 0.0888 e. The van der Waals surface area contributed by atoms with E-state index in [0.717, 1.165) is 0 Å². The van der Waals surface area contributed by atoms with E-state index in [2.05, 4.69) is 170 Å². The van der Waals surface area contributed by atoms with Crippen LogP contribution in [0.15, 0.2) is 180 Å². The molecule has 0 bridgehead atoms. The van der Waals surface area contributed by atoms with E-state index in [-0.39, 0.29) is 0 Å². The highest BCUT2D eigenvalue weighted by Crippen LogP contribution is 2.59. The SMILES string of the molecule is c1ccc(-c2c(-c3ccccc3)c(-c3ccccc3)c3c(c2-c2ccccc2)-c2ccccc2Sc2ccccc2-3)cc1.